The summed E-state index contributed by atoms with van der Waals surface area (Å²) in [6, 6.07) is 0. The summed E-state index contributed by atoms with van der Waals surface area (Å²) < 4.78 is 0. The zero-order chi connectivity index (χ0) is 14.2. The Morgan fingerprint density at radius 1 is 1.22 bits per heavy atom. The minimum Gasteiger partial charge on any atom is -0.481 e. The van der Waals surface area contributed by atoms with Crippen LogP contribution in [0.1, 0.15) is 59.8 Å². The maximum Gasteiger partial charge on any atom is 0.308 e. The molecule has 0 bridgehead atoms. The summed E-state index contributed by atoms with van der Waals surface area (Å²) in [4.78, 5) is 22.6. The Kier molecular flexibility index (Phi) is 7.64. The van der Waals surface area contributed by atoms with Gasteiger partial charge in [-0.1, -0.05) is 40.5 Å². The highest BCUT2D eigenvalue weighted by Gasteiger charge is 2.24. The summed E-state index contributed by atoms with van der Waals surface area (Å²) in [5.74, 6) is -1.37. The van der Waals surface area contributed by atoms with Gasteiger partial charge in [0.25, 0.3) is 0 Å². The molecule has 0 spiro atoms. The molecule has 0 aromatic heterocycles. The van der Waals surface area contributed by atoms with Crippen LogP contribution in [0.4, 0.5) is 0 Å². The lowest BCUT2D eigenvalue weighted by atomic mass is 9.84. The molecule has 0 fully saturated rings. The smallest absolute Gasteiger partial charge is 0.308 e. The summed E-state index contributed by atoms with van der Waals surface area (Å²) in [7, 11) is 0. The van der Waals surface area contributed by atoms with Gasteiger partial charge in [0.05, 0.1) is 5.92 Å². The highest BCUT2D eigenvalue weighted by molar-refractivity contribution is 5.77. The van der Waals surface area contributed by atoms with Crippen molar-refractivity contribution in [3.63, 3.8) is 0 Å². The predicted octanol–water partition coefficient (Wildman–Crippen LogP) is 2.82. The van der Waals surface area contributed by atoms with Crippen LogP contribution in [0, 0.1) is 11.3 Å². The predicted molar refractivity (Wildman–Crippen MR) is 72.3 cm³/mol. The quantitative estimate of drug-likeness (QED) is 0.657. The van der Waals surface area contributed by atoms with E-state index in [0.717, 1.165) is 19.3 Å². The van der Waals surface area contributed by atoms with E-state index in [2.05, 4.69) is 12.2 Å². The fraction of sp³-hybridized carbons (Fsp3) is 0.857. The standard InChI is InChI=1S/C14H27NO3/c1-5-6-7-8-12(16)15-10-11(13(17)18)9-14(2,3)4/h11H,5-10H2,1-4H3,(H,15,16)(H,17,18). The van der Waals surface area contributed by atoms with E-state index in [4.69, 9.17) is 5.11 Å². The molecule has 2 N–H and O–H groups in total. The largest absolute Gasteiger partial charge is 0.481 e. The van der Waals surface area contributed by atoms with E-state index in [9.17, 15) is 9.59 Å². The third-order valence-electron chi connectivity index (χ3n) is 2.76. The number of unbranched alkanes of at least 4 members (excludes halogenated alkanes) is 2. The van der Waals surface area contributed by atoms with Gasteiger partial charge in [-0.3, -0.25) is 9.59 Å². The lowest BCUT2D eigenvalue weighted by Crippen LogP contribution is -2.34. The lowest BCUT2D eigenvalue weighted by Gasteiger charge is -2.23. The molecule has 0 aliphatic heterocycles. The molecule has 0 aliphatic rings. The number of rotatable bonds is 8. The highest BCUT2D eigenvalue weighted by atomic mass is 16.4. The zero-order valence-corrected chi connectivity index (χ0v) is 12.1. The first-order chi connectivity index (χ1) is 8.26. The van der Waals surface area contributed by atoms with Crippen LogP contribution in [0.15, 0.2) is 0 Å². The van der Waals surface area contributed by atoms with Crippen LogP contribution in [0.5, 0.6) is 0 Å². The molecule has 0 aliphatic carbocycles. The third kappa shape index (κ3) is 9.02. The molecule has 4 heteroatoms. The van der Waals surface area contributed by atoms with E-state index in [0.29, 0.717) is 12.8 Å². The maximum atomic E-state index is 11.5. The van der Waals surface area contributed by atoms with Gasteiger partial charge in [-0.05, 0) is 18.3 Å². The Hall–Kier alpha value is -1.06. The monoisotopic (exact) mass is 257 g/mol. The number of aliphatic carboxylic acids is 1. The Morgan fingerprint density at radius 2 is 1.83 bits per heavy atom. The Bertz CT molecular complexity index is 269. The summed E-state index contributed by atoms with van der Waals surface area (Å²) in [6.45, 7) is 8.34. The van der Waals surface area contributed by atoms with Crippen molar-refractivity contribution in [3.05, 3.63) is 0 Å². The SMILES string of the molecule is CCCCCC(=O)NCC(CC(C)(C)C)C(=O)O. The van der Waals surface area contributed by atoms with Gasteiger partial charge in [-0.2, -0.15) is 0 Å². The lowest BCUT2D eigenvalue weighted by molar-refractivity contribution is -0.142. The Morgan fingerprint density at radius 3 is 2.28 bits per heavy atom. The molecule has 0 rings (SSSR count). The first-order valence-electron chi connectivity index (χ1n) is 6.75. The summed E-state index contributed by atoms with van der Waals surface area (Å²) >= 11 is 0. The van der Waals surface area contributed by atoms with Crippen molar-refractivity contribution in [2.45, 2.75) is 59.8 Å². The minimum atomic E-state index is -0.834. The van der Waals surface area contributed by atoms with Crippen molar-refractivity contribution >= 4 is 11.9 Å². The number of carboxylic acid groups (broad SMARTS) is 1. The number of hydrogen-bond acceptors (Lipinski definition) is 2. The third-order valence-corrected chi connectivity index (χ3v) is 2.76. The molecule has 1 amide bonds. The van der Waals surface area contributed by atoms with Crippen LogP contribution in [0.3, 0.4) is 0 Å². The average molecular weight is 257 g/mol. The minimum absolute atomic E-state index is 0.0383. The van der Waals surface area contributed by atoms with Crippen molar-refractivity contribution in [3.8, 4) is 0 Å². The molecule has 18 heavy (non-hydrogen) atoms. The van der Waals surface area contributed by atoms with Gasteiger partial charge in [0, 0.05) is 13.0 Å². The second kappa shape index (κ2) is 8.11. The van der Waals surface area contributed by atoms with Crippen LogP contribution in [0.25, 0.3) is 0 Å². The van der Waals surface area contributed by atoms with Crippen molar-refractivity contribution < 1.29 is 14.7 Å². The molecule has 0 radical (unpaired) electrons. The van der Waals surface area contributed by atoms with E-state index >= 15 is 0 Å². The zero-order valence-electron chi connectivity index (χ0n) is 12.1. The number of carboxylic acids is 1. The summed E-state index contributed by atoms with van der Waals surface area (Å²) in [5.41, 5.74) is -0.0456. The van der Waals surface area contributed by atoms with Crippen LogP contribution >= 0.6 is 0 Å². The van der Waals surface area contributed by atoms with Crippen molar-refractivity contribution in [2.75, 3.05) is 6.54 Å². The molecular weight excluding hydrogens is 230 g/mol. The molecule has 4 nitrogen and oxygen atoms in total. The van der Waals surface area contributed by atoms with Gasteiger partial charge in [-0.25, -0.2) is 0 Å². The van der Waals surface area contributed by atoms with Gasteiger partial charge in [0.1, 0.15) is 0 Å². The topological polar surface area (TPSA) is 66.4 Å². The number of nitrogens with one attached hydrogen (secondary N) is 1. The maximum absolute atomic E-state index is 11.5. The summed E-state index contributed by atoms with van der Waals surface area (Å²) in [5, 5.41) is 11.8. The van der Waals surface area contributed by atoms with Gasteiger partial charge >= 0.3 is 5.97 Å². The number of hydrogen-bond donors (Lipinski definition) is 2. The molecule has 0 saturated heterocycles. The highest BCUT2D eigenvalue weighted by Crippen LogP contribution is 2.24. The van der Waals surface area contributed by atoms with Crippen LogP contribution < -0.4 is 5.32 Å². The molecule has 1 atom stereocenters. The van der Waals surface area contributed by atoms with Gasteiger partial charge in [0.2, 0.25) is 5.91 Å². The fourth-order valence-electron chi connectivity index (χ4n) is 1.85. The van der Waals surface area contributed by atoms with E-state index < -0.39 is 11.9 Å². The fourth-order valence-corrected chi connectivity index (χ4v) is 1.85. The summed E-state index contributed by atoms with van der Waals surface area (Å²) in [6.07, 6.45) is 4.05. The van der Waals surface area contributed by atoms with E-state index in [-0.39, 0.29) is 17.9 Å². The van der Waals surface area contributed by atoms with Crippen molar-refractivity contribution in [2.24, 2.45) is 11.3 Å². The van der Waals surface area contributed by atoms with Crippen molar-refractivity contribution in [1.29, 1.82) is 0 Å². The first kappa shape index (κ1) is 16.9. The van der Waals surface area contributed by atoms with E-state index in [1.165, 1.54) is 0 Å². The molecule has 1 unspecified atom stereocenters. The first-order valence-corrected chi connectivity index (χ1v) is 6.75. The molecule has 0 heterocycles. The van der Waals surface area contributed by atoms with Crippen LogP contribution in [-0.2, 0) is 9.59 Å². The molecule has 0 aromatic carbocycles. The molecule has 0 saturated carbocycles. The van der Waals surface area contributed by atoms with Gasteiger partial charge in [-0.15, -0.1) is 0 Å². The molecule has 106 valence electrons. The van der Waals surface area contributed by atoms with Crippen molar-refractivity contribution in [1.82, 2.24) is 5.32 Å². The number of amides is 1. The second-order valence-corrected chi connectivity index (χ2v) is 6.06. The van der Waals surface area contributed by atoms with Crippen LogP contribution in [0.2, 0.25) is 0 Å². The van der Waals surface area contributed by atoms with Gasteiger partial charge in [0.15, 0.2) is 0 Å². The van der Waals surface area contributed by atoms with E-state index in [1.54, 1.807) is 0 Å². The van der Waals surface area contributed by atoms with Crippen LogP contribution in [-0.4, -0.2) is 23.5 Å². The average Bonchev–Trinajstić information content (AvgIpc) is 2.22. The van der Waals surface area contributed by atoms with E-state index in [1.807, 2.05) is 20.8 Å². The number of carbonyl (C=O) groups excluding carboxylic acids is 1. The molecular formula is C14H27NO3. The number of carbonyl (C=O) groups is 2. The second-order valence-electron chi connectivity index (χ2n) is 6.06. The Labute approximate surface area is 110 Å². The molecule has 0 aromatic rings. The Balaban J connectivity index is 4.04. The van der Waals surface area contributed by atoms with Gasteiger partial charge < -0.3 is 10.4 Å². The normalized spacial score (nSPS) is 13.1.